The van der Waals surface area contributed by atoms with Crippen LogP contribution in [-0.4, -0.2) is 23.5 Å². The van der Waals surface area contributed by atoms with Gasteiger partial charge in [0.2, 0.25) is 5.91 Å². The Balaban J connectivity index is 4.52. The number of aliphatic hydroxyl groups is 1. The smallest absolute Gasteiger partial charge is 0.252 e. The molecule has 0 bridgehead atoms. The molecule has 2 amide bonds. The molecule has 0 aliphatic rings. The molecular weight excluding hydrogens is 184 g/mol. The second-order valence-corrected chi connectivity index (χ2v) is 3.69. The molecule has 0 aromatic carbocycles. The van der Waals surface area contributed by atoms with Crippen LogP contribution in [0.15, 0.2) is 11.8 Å². The van der Waals surface area contributed by atoms with Crippen molar-refractivity contribution < 1.29 is 14.7 Å². The summed E-state index contributed by atoms with van der Waals surface area (Å²) in [5.41, 5.74) is 5.14. The highest BCUT2D eigenvalue weighted by Gasteiger charge is 2.20. The molecule has 14 heavy (non-hydrogen) atoms. The first-order valence-corrected chi connectivity index (χ1v) is 4.19. The molecule has 0 radical (unpaired) electrons. The van der Waals surface area contributed by atoms with Crippen LogP contribution in [0.5, 0.6) is 0 Å². The van der Waals surface area contributed by atoms with E-state index in [1.165, 1.54) is 6.92 Å². The Morgan fingerprint density at radius 3 is 2.36 bits per heavy atom. The third-order valence-electron chi connectivity index (χ3n) is 1.76. The molecule has 0 spiro atoms. The molecule has 0 rings (SSSR count). The van der Waals surface area contributed by atoms with Crippen LogP contribution in [0.4, 0.5) is 0 Å². The molecule has 5 heteroatoms. The minimum atomic E-state index is -0.659. The Labute approximate surface area is 83.0 Å². The third kappa shape index (κ3) is 4.04. The summed E-state index contributed by atoms with van der Waals surface area (Å²) in [6.07, 6.45) is 1.11. The van der Waals surface area contributed by atoms with E-state index in [1.807, 2.05) is 0 Å². The number of carbonyl (C=O) groups is 2. The van der Waals surface area contributed by atoms with E-state index in [2.05, 4.69) is 5.32 Å². The van der Waals surface area contributed by atoms with Crippen molar-refractivity contribution in [1.29, 1.82) is 0 Å². The van der Waals surface area contributed by atoms with Crippen molar-refractivity contribution in [3.63, 3.8) is 0 Å². The quantitative estimate of drug-likeness (QED) is 0.536. The van der Waals surface area contributed by atoms with Gasteiger partial charge >= 0.3 is 0 Å². The molecule has 4 N–H and O–H groups in total. The second-order valence-electron chi connectivity index (χ2n) is 3.69. The lowest BCUT2D eigenvalue weighted by atomic mass is 9.90. The summed E-state index contributed by atoms with van der Waals surface area (Å²) >= 11 is 0. The predicted molar refractivity (Wildman–Crippen MR) is 52.0 cm³/mol. The van der Waals surface area contributed by atoms with Crippen molar-refractivity contribution in [3.8, 4) is 0 Å². The fourth-order valence-corrected chi connectivity index (χ4v) is 0.637. The first-order valence-electron chi connectivity index (χ1n) is 4.19. The fourth-order valence-electron chi connectivity index (χ4n) is 0.637. The molecule has 0 saturated heterocycles. The van der Waals surface area contributed by atoms with Gasteiger partial charge in [0.25, 0.3) is 5.91 Å². The summed E-state index contributed by atoms with van der Waals surface area (Å²) in [4.78, 5) is 21.6. The Bertz CT molecular complexity index is 269. The first kappa shape index (κ1) is 12.6. The molecule has 0 heterocycles. The molecule has 0 atom stereocenters. The van der Waals surface area contributed by atoms with E-state index < -0.39 is 17.2 Å². The number of imide groups is 1. The van der Waals surface area contributed by atoms with Gasteiger partial charge in [0.15, 0.2) is 0 Å². The zero-order valence-electron chi connectivity index (χ0n) is 8.63. The Morgan fingerprint density at radius 1 is 1.50 bits per heavy atom. The molecule has 0 fully saturated rings. The third-order valence-corrected chi connectivity index (χ3v) is 1.76. The van der Waals surface area contributed by atoms with Gasteiger partial charge in [-0.05, 0) is 0 Å². The number of nitrogens with two attached hydrogens (primary N) is 1. The first-order chi connectivity index (χ1) is 6.29. The highest BCUT2D eigenvalue weighted by atomic mass is 16.3. The molecular formula is C9H16N2O3. The van der Waals surface area contributed by atoms with E-state index in [0.29, 0.717) is 0 Å². The number of nitrogens with one attached hydrogen (secondary N) is 1. The van der Waals surface area contributed by atoms with Gasteiger partial charge in [0.05, 0.1) is 6.61 Å². The fraction of sp³-hybridized carbons (Fsp3) is 0.556. The lowest BCUT2D eigenvalue weighted by Gasteiger charge is -2.21. The maximum Gasteiger partial charge on any atom is 0.252 e. The van der Waals surface area contributed by atoms with Gasteiger partial charge in [-0.1, -0.05) is 13.8 Å². The van der Waals surface area contributed by atoms with E-state index >= 15 is 0 Å². The van der Waals surface area contributed by atoms with E-state index in [-0.39, 0.29) is 12.3 Å². The van der Waals surface area contributed by atoms with E-state index in [4.69, 9.17) is 10.8 Å². The van der Waals surface area contributed by atoms with Crippen LogP contribution in [0, 0.1) is 5.41 Å². The van der Waals surface area contributed by atoms with E-state index in [0.717, 1.165) is 6.08 Å². The molecule has 0 aromatic heterocycles. The maximum absolute atomic E-state index is 11.1. The molecule has 5 nitrogen and oxygen atoms in total. The van der Waals surface area contributed by atoms with Crippen molar-refractivity contribution in [2.45, 2.75) is 20.8 Å². The Hall–Kier alpha value is -1.36. The minimum absolute atomic E-state index is 0.164. The minimum Gasteiger partial charge on any atom is -0.401 e. The highest BCUT2D eigenvalue weighted by Crippen LogP contribution is 2.20. The summed E-state index contributed by atoms with van der Waals surface area (Å²) in [5.74, 6) is -1.02. The highest BCUT2D eigenvalue weighted by molar-refractivity contribution is 6.00. The number of hydrogen-bond acceptors (Lipinski definition) is 4. The summed E-state index contributed by atoms with van der Waals surface area (Å²) in [6.45, 7) is 4.46. The van der Waals surface area contributed by atoms with Crippen molar-refractivity contribution in [2.75, 3.05) is 6.61 Å². The number of aliphatic hydroxyl groups excluding tert-OH is 1. The van der Waals surface area contributed by atoms with Gasteiger partial charge in [0, 0.05) is 24.1 Å². The van der Waals surface area contributed by atoms with Crippen LogP contribution in [0.3, 0.4) is 0 Å². The lowest BCUT2D eigenvalue weighted by Crippen LogP contribution is -2.31. The van der Waals surface area contributed by atoms with Crippen LogP contribution in [0.25, 0.3) is 0 Å². The number of carbonyl (C=O) groups excluding carboxylic acids is 2. The van der Waals surface area contributed by atoms with Crippen LogP contribution in [0.1, 0.15) is 20.8 Å². The topological polar surface area (TPSA) is 92.4 Å². The largest absolute Gasteiger partial charge is 0.401 e. The average molecular weight is 200 g/mol. The Morgan fingerprint density at radius 2 is 2.00 bits per heavy atom. The van der Waals surface area contributed by atoms with Gasteiger partial charge in [-0.2, -0.15) is 0 Å². The van der Waals surface area contributed by atoms with E-state index in [9.17, 15) is 9.59 Å². The number of hydrogen-bond donors (Lipinski definition) is 3. The molecule has 0 saturated carbocycles. The van der Waals surface area contributed by atoms with Crippen molar-refractivity contribution >= 4 is 11.8 Å². The average Bonchev–Trinajstić information content (AvgIpc) is 2.02. The molecule has 0 aromatic rings. The normalized spacial score (nSPS) is 12.4. The second kappa shape index (κ2) is 4.76. The van der Waals surface area contributed by atoms with Crippen LogP contribution in [0.2, 0.25) is 0 Å². The van der Waals surface area contributed by atoms with Gasteiger partial charge in [-0.15, -0.1) is 0 Å². The van der Waals surface area contributed by atoms with Crippen LogP contribution >= 0.6 is 0 Å². The lowest BCUT2D eigenvalue weighted by molar-refractivity contribution is -0.126. The van der Waals surface area contributed by atoms with Gasteiger partial charge < -0.3 is 10.8 Å². The SMILES string of the molecule is CC(=O)NC(=O)C=C(N)C(C)(C)CO. The number of amides is 2. The monoisotopic (exact) mass is 200 g/mol. The molecule has 0 unspecified atom stereocenters. The summed E-state index contributed by atoms with van der Waals surface area (Å²) < 4.78 is 0. The van der Waals surface area contributed by atoms with Gasteiger partial charge in [-0.25, -0.2) is 0 Å². The Kier molecular flexibility index (Phi) is 4.30. The van der Waals surface area contributed by atoms with Gasteiger partial charge in [-0.3, -0.25) is 14.9 Å². The zero-order valence-corrected chi connectivity index (χ0v) is 8.63. The predicted octanol–water partition coefficient (Wildman–Crippen LogP) is -0.490. The summed E-state index contributed by atoms with van der Waals surface area (Å²) in [5, 5.41) is 11.0. The van der Waals surface area contributed by atoms with Crippen molar-refractivity contribution in [1.82, 2.24) is 5.32 Å². The molecule has 0 aliphatic carbocycles. The standard InChI is InChI=1S/C9H16N2O3/c1-6(13)11-8(14)4-7(10)9(2,3)5-12/h4,12H,5,10H2,1-3H3,(H,11,13,14). The zero-order chi connectivity index (χ0) is 11.4. The maximum atomic E-state index is 11.1. The summed E-state index contributed by atoms with van der Waals surface area (Å²) in [6, 6.07) is 0. The summed E-state index contributed by atoms with van der Waals surface area (Å²) in [7, 11) is 0. The molecule has 0 aliphatic heterocycles. The van der Waals surface area contributed by atoms with Crippen molar-refractivity contribution in [3.05, 3.63) is 11.8 Å². The van der Waals surface area contributed by atoms with E-state index in [1.54, 1.807) is 13.8 Å². The van der Waals surface area contributed by atoms with Crippen molar-refractivity contribution in [2.24, 2.45) is 11.1 Å². The molecule has 80 valence electrons. The number of rotatable bonds is 3. The van der Waals surface area contributed by atoms with Crippen LogP contribution in [-0.2, 0) is 9.59 Å². The van der Waals surface area contributed by atoms with Crippen LogP contribution < -0.4 is 11.1 Å². The van der Waals surface area contributed by atoms with Gasteiger partial charge in [0.1, 0.15) is 0 Å².